The molecule has 0 spiro atoms. The van der Waals surface area contributed by atoms with Gasteiger partial charge in [-0.15, -0.1) is 0 Å². The van der Waals surface area contributed by atoms with Gasteiger partial charge in [-0.2, -0.15) is 13.2 Å². The molecule has 0 radical (unpaired) electrons. The van der Waals surface area contributed by atoms with Crippen LogP contribution in [0.15, 0.2) is 18.2 Å². The van der Waals surface area contributed by atoms with E-state index in [0.717, 1.165) is 25.3 Å². The lowest BCUT2D eigenvalue weighted by molar-refractivity contribution is -0.137. The standard InChI is InChI=1S/C15H17F4NO2/c16-12-6-10(5-11(7-12)15(17,18)19)14(22)20-8-9-2-1-3-13(21)4-9/h5-7,9,13,21H,1-4,8H2,(H,20,22). The quantitative estimate of drug-likeness (QED) is 0.841. The molecule has 0 aliphatic heterocycles. The summed E-state index contributed by atoms with van der Waals surface area (Å²) in [6, 6.07) is 1.77. The largest absolute Gasteiger partial charge is 0.416 e. The van der Waals surface area contributed by atoms with E-state index in [4.69, 9.17) is 0 Å². The number of carbonyl (C=O) groups excluding carboxylic acids is 1. The van der Waals surface area contributed by atoms with Crippen LogP contribution in [0.5, 0.6) is 0 Å². The summed E-state index contributed by atoms with van der Waals surface area (Å²) in [6.07, 6.45) is -2.14. The predicted octanol–water partition coefficient (Wildman–Crippen LogP) is 3.13. The van der Waals surface area contributed by atoms with Crippen molar-refractivity contribution in [3.05, 3.63) is 35.1 Å². The van der Waals surface area contributed by atoms with Gasteiger partial charge >= 0.3 is 6.18 Å². The van der Waals surface area contributed by atoms with Gasteiger partial charge < -0.3 is 10.4 Å². The van der Waals surface area contributed by atoms with Gasteiger partial charge in [0.05, 0.1) is 11.7 Å². The van der Waals surface area contributed by atoms with Crippen molar-refractivity contribution in [2.75, 3.05) is 6.54 Å². The molecule has 0 aromatic heterocycles. The molecule has 3 nitrogen and oxygen atoms in total. The van der Waals surface area contributed by atoms with E-state index in [0.29, 0.717) is 18.6 Å². The Hall–Kier alpha value is -1.63. The van der Waals surface area contributed by atoms with Crippen LogP contribution in [0, 0.1) is 11.7 Å². The molecule has 1 aromatic carbocycles. The van der Waals surface area contributed by atoms with Gasteiger partial charge in [0, 0.05) is 12.1 Å². The number of halogens is 4. The molecule has 1 saturated carbocycles. The first kappa shape index (κ1) is 16.7. The molecule has 2 atom stereocenters. The summed E-state index contributed by atoms with van der Waals surface area (Å²) in [7, 11) is 0. The van der Waals surface area contributed by atoms with Gasteiger partial charge in [-0.25, -0.2) is 4.39 Å². The average Bonchev–Trinajstić information content (AvgIpc) is 2.43. The zero-order valence-electron chi connectivity index (χ0n) is 11.8. The number of nitrogens with one attached hydrogen (secondary N) is 1. The minimum atomic E-state index is -4.70. The van der Waals surface area contributed by atoms with Crippen molar-refractivity contribution >= 4 is 5.91 Å². The van der Waals surface area contributed by atoms with Crippen LogP contribution in [0.25, 0.3) is 0 Å². The number of aliphatic hydroxyl groups excluding tert-OH is 1. The molecule has 0 saturated heterocycles. The molecule has 2 N–H and O–H groups in total. The third-order valence-corrected chi connectivity index (χ3v) is 3.79. The van der Waals surface area contributed by atoms with E-state index in [1.165, 1.54) is 0 Å². The maximum atomic E-state index is 13.3. The number of rotatable bonds is 3. The highest BCUT2D eigenvalue weighted by molar-refractivity contribution is 5.94. The van der Waals surface area contributed by atoms with E-state index in [-0.39, 0.29) is 18.0 Å². The Bertz CT molecular complexity index is 545. The van der Waals surface area contributed by atoms with E-state index in [1.54, 1.807) is 0 Å². The van der Waals surface area contributed by atoms with Crippen molar-refractivity contribution in [1.82, 2.24) is 5.32 Å². The summed E-state index contributed by atoms with van der Waals surface area (Å²) in [5.41, 5.74) is -1.55. The Morgan fingerprint density at radius 3 is 2.64 bits per heavy atom. The number of benzene rings is 1. The van der Waals surface area contributed by atoms with Gasteiger partial charge in [0.15, 0.2) is 0 Å². The molecule has 2 rings (SSSR count). The van der Waals surface area contributed by atoms with Gasteiger partial charge in [-0.1, -0.05) is 6.42 Å². The van der Waals surface area contributed by atoms with Crippen LogP contribution in [0.3, 0.4) is 0 Å². The lowest BCUT2D eigenvalue weighted by atomic mass is 9.87. The first-order valence-electron chi connectivity index (χ1n) is 7.10. The molecule has 7 heteroatoms. The highest BCUT2D eigenvalue weighted by Gasteiger charge is 2.32. The van der Waals surface area contributed by atoms with Crippen LogP contribution in [-0.4, -0.2) is 23.7 Å². The van der Waals surface area contributed by atoms with Crippen molar-refractivity contribution in [3.63, 3.8) is 0 Å². The molecule has 1 amide bonds. The van der Waals surface area contributed by atoms with Crippen molar-refractivity contribution in [2.24, 2.45) is 5.92 Å². The van der Waals surface area contributed by atoms with Crippen LogP contribution in [0.2, 0.25) is 0 Å². The zero-order valence-corrected chi connectivity index (χ0v) is 11.8. The first-order valence-corrected chi connectivity index (χ1v) is 7.10. The molecule has 2 unspecified atom stereocenters. The van der Waals surface area contributed by atoms with Gasteiger partial charge in [-0.05, 0) is 43.4 Å². The smallest absolute Gasteiger partial charge is 0.393 e. The van der Waals surface area contributed by atoms with E-state index in [2.05, 4.69) is 5.32 Å². The number of hydrogen-bond acceptors (Lipinski definition) is 2. The number of amides is 1. The molecule has 1 fully saturated rings. The summed E-state index contributed by atoms with van der Waals surface area (Å²) in [4.78, 5) is 11.9. The molecule has 1 aliphatic carbocycles. The van der Waals surface area contributed by atoms with Crippen molar-refractivity contribution in [3.8, 4) is 0 Å². The number of carbonyl (C=O) groups is 1. The Balaban J connectivity index is 2.02. The fraction of sp³-hybridized carbons (Fsp3) is 0.533. The Labute approximate surface area is 125 Å². The third-order valence-electron chi connectivity index (χ3n) is 3.79. The minimum Gasteiger partial charge on any atom is -0.393 e. The number of aliphatic hydroxyl groups is 1. The summed E-state index contributed by atoms with van der Waals surface area (Å²) in [5, 5.41) is 12.0. The lowest BCUT2D eigenvalue weighted by Crippen LogP contribution is -2.33. The average molecular weight is 319 g/mol. The molecule has 0 heterocycles. The van der Waals surface area contributed by atoms with Gasteiger partial charge in [0.2, 0.25) is 0 Å². The number of hydrogen-bond donors (Lipinski definition) is 2. The molecular weight excluding hydrogens is 302 g/mol. The monoisotopic (exact) mass is 319 g/mol. The molecule has 1 aliphatic rings. The normalized spacial score (nSPS) is 22.4. The number of alkyl halides is 3. The van der Waals surface area contributed by atoms with Crippen molar-refractivity contribution in [1.29, 1.82) is 0 Å². The van der Waals surface area contributed by atoms with E-state index in [9.17, 15) is 27.5 Å². The van der Waals surface area contributed by atoms with Crippen LogP contribution >= 0.6 is 0 Å². The second-order valence-electron chi connectivity index (χ2n) is 5.62. The Kier molecular flexibility index (Phi) is 5.05. The lowest BCUT2D eigenvalue weighted by Gasteiger charge is -2.25. The van der Waals surface area contributed by atoms with Gasteiger partial charge in [0.25, 0.3) is 5.91 Å². The van der Waals surface area contributed by atoms with Crippen LogP contribution in [0.4, 0.5) is 17.6 Å². The Morgan fingerprint density at radius 2 is 2.00 bits per heavy atom. The van der Waals surface area contributed by atoms with E-state index < -0.39 is 29.6 Å². The third kappa shape index (κ3) is 4.43. The van der Waals surface area contributed by atoms with Gasteiger partial charge in [-0.3, -0.25) is 4.79 Å². The Morgan fingerprint density at radius 1 is 1.27 bits per heavy atom. The maximum Gasteiger partial charge on any atom is 0.416 e. The zero-order chi connectivity index (χ0) is 16.3. The second kappa shape index (κ2) is 6.64. The molecular formula is C15H17F4NO2. The van der Waals surface area contributed by atoms with Crippen LogP contribution in [-0.2, 0) is 6.18 Å². The summed E-state index contributed by atoms with van der Waals surface area (Å²) >= 11 is 0. The first-order chi connectivity index (χ1) is 10.3. The fourth-order valence-electron chi connectivity index (χ4n) is 2.67. The highest BCUT2D eigenvalue weighted by atomic mass is 19.4. The highest BCUT2D eigenvalue weighted by Crippen LogP contribution is 2.30. The van der Waals surface area contributed by atoms with E-state index >= 15 is 0 Å². The minimum absolute atomic E-state index is 0.0864. The van der Waals surface area contributed by atoms with Crippen LogP contribution in [0.1, 0.15) is 41.6 Å². The molecule has 122 valence electrons. The second-order valence-corrected chi connectivity index (χ2v) is 5.62. The van der Waals surface area contributed by atoms with E-state index in [1.807, 2.05) is 0 Å². The van der Waals surface area contributed by atoms with Crippen molar-refractivity contribution < 1.29 is 27.5 Å². The summed E-state index contributed by atoms with van der Waals surface area (Å²) in [6.45, 7) is 0.258. The summed E-state index contributed by atoms with van der Waals surface area (Å²) < 4.78 is 51.1. The molecule has 1 aromatic rings. The molecule has 0 bridgehead atoms. The van der Waals surface area contributed by atoms with Gasteiger partial charge in [0.1, 0.15) is 5.82 Å². The predicted molar refractivity (Wildman–Crippen MR) is 71.7 cm³/mol. The maximum absolute atomic E-state index is 13.3. The topological polar surface area (TPSA) is 49.3 Å². The molecule has 22 heavy (non-hydrogen) atoms. The fourth-order valence-corrected chi connectivity index (χ4v) is 2.67. The summed E-state index contributed by atoms with van der Waals surface area (Å²) in [5.74, 6) is -1.76. The van der Waals surface area contributed by atoms with Crippen LogP contribution < -0.4 is 5.32 Å². The van der Waals surface area contributed by atoms with Crippen molar-refractivity contribution in [2.45, 2.75) is 38.0 Å². The SMILES string of the molecule is O=C(NCC1CCCC(O)C1)c1cc(F)cc(C(F)(F)F)c1.